The smallest absolute Gasteiger partial charge is 0.0456 e. The van der Waals surface area contributed by atoms with Crippen LogP contribution in [0.2, 0.25) is 5.02 Å². The minimum absolute atomic E-state index is 0.578. The van der Waals surface area contributed by atoms with Gasteiger partial charge in [0.1, 0.15) is 0 Å². The van der Waals surface area contributed by atoms with Crippen molar-refractivity contribution in [3.63, 3.8) is 0 Å². The van der Waals surface area contributed by atoms with Gasteiger partial charge in [-0.25, -0.2) is 0 Å². The highest BCUT2D eigenvalue weighted by Crippen LogP contribution is 2.35. The Bertz CT molecular complexity index is 390. The lowest BCUT2D eigenvalue weighted by atomic mass is 9.94. The molecule has 16 heavy (non-hydrogen) atoms. The first kappa shape index (κ1) is 11.7. The van der Waals surface area contributed by atoms with Crippen molar-refractivity contribution in [1.29, 1.82) is 0 Å². The van der Waals surface area contributed by atoms with Crippen LogP contribution >= 0.6 is 11.6 Å². The molecule has 1 N–H and O–H groups in total. The van der Waals surface area contributed by atoms with E-state index in [1.54, 1.807) is 0 Å². The van der Waals surface area contributed by atoms with Crippen molar-refractivity contribution >= 4 is 17.3 Å². The zero-order chi connectivity index (χ0) is 11.7. The van der Waals surface area contributed by atoms with Gasteiger partial charge < -0.3 is 10.2 Å². The number of nitrogens with zero attached hydrogens (tertiary/aromatic N) is 1. The summed E-state index contributed by atoms with van der Waals surface area (Å²) in [6.45, 7) is 3.14. The molecular weight excluding hydrogens is 220 g/mol. The monoisotopic (exact) mass is 238 g/mol. The van der Waals surface area contributed by atoms with E-state index in [1.807, 2.05) is 13.1 Å². The van der Waals surface area contributed by atoms with Crippen LogP contribution in [0.3, 0.4) is 0 Å². The first-order chi connectivity index (χ1) is 7.65. The number of likely N-dealkylation sites (N-methyl/N-ethyl adjacent to an activating group) is 2. The zero-order valence-electron chi connectivity index (χ0n) is 10.2. The van der Waals surface area contributed by atoms with Crippen molar-refractivity contribution in [2.75, 3.05) is 25.5 Å². The van der Waals surface area contributed by atoms with Gasteiger partial charge in [-0.1, -0.05) is 17.7 Å². The lowest BCUT2D eigenvalue weighted by Gasteiger charge is -2.37. The molecule has 0 radical (unpaired) electrons. The van der Waals surface area contributed by atoms with Crippen LogP contribution in [0.5, 0.6) is 0 Å². The van der Waals surface area contributed by atoms with E-state index < -0.39 is 0 Å². The topological polar surface area (TPSA) is 15.3 Å². The first-order valence-corrected chi connectivity index (χ1v) is 6.18. The van der Waals surface area contributed by atoms with Gasteiger partial charge in [-0.3, -0.25) is 0 Å². The Morgan fingerprint density at radius 1 is 1.50 bits per heavy atom. The second-order valence-corrected chi connectivity index (χ2v) is 4.95. The molecule has 2 nitrogen and oxygen atoms in total. The molecule has 2 rings (SSSR count). The van der Waals surface area contributed by atoms with Crippen molar-refractivity contribution in [3.05, 3.63) is 28.3 Å². The van der Waals surface area contributed by atoms with Gasteiger partial charge in [-0.05, 0) is 44.0 Å². The number of nitrogens with one attached hydrogen (secondary N) is 1. The number of hydrogen-bond donors (Lipinski definition) is 1. The van der Waals surface area contributed by atoms with E-state index in [0.29, 0.717) is 6.04 Å². The molecule has 0 fully saturated rings. The van der Waals surface area contributed by atoms with Crippen molar-refractivity contribution < 1.29 is 0 Å². The van der Waals surface area contributed by atoms with Crippen LogP contribution in [-0.2, 0) is 6.42 Å². The fourth-order valence-electron chi connectivity index (χ4n) is 2.60. The molecule has 1 aliphatic heterocycles. The maximum absolute atomic E-state index is 6.19. The lowest BCUT2D eigenvalue weighted by molar-refractivity contribution is 0.529. The van der Waals surface area contributed by atoms with Gasteiger partial charge >= 0.3 is 0 Å². The Labute approximate surface area is 103 Å². The molecule has 0 bridgehead atoms. The maximum Gasteiger partial charge on any atom is 0.0456 e. The van der Waals surface area contributed by atoms with Crippen LogP contribution in [0.4, 0.5) is 5.69 Å². The third kappa shape index (κ3) is 1.92. The van der Waals surface area contributed by atoms with Gasteiger partial charge in [0.25, 0.3) is 0 Å². The molecule has 0 aromatic heterocycles. The average Bonchev–Trinajstić information content (AvgIpc) is 2.27. The summed E-state index contributed by atoms with van der Waals surface area (Å²) in [6.07, 6.45) is 2.37. The molecular formula is C13H19ClN2. The SMILES string of the molecule is CNCC1CCc2ccc(Cl)c(C)c2N1C. The zero-order valence-corrected chi connectivity index (χ0v) is 10.9. The fourth-order valence-corrected chi connectivity index (χ4v) is 2.75. The lowest BCUT2D eigenvalue weighted by Crippen LogP contribution is -2.42. The molecule has 0 saturated heterocycles. The van der Waals surface area contributed by atoms with E-state index in [0.717, 1.165) is 18.0 Å². The molecule has 88 valence electrons. The standard InChI is InChI=1S/C13H19ClN2/c1-9-12(14)7-5-10-4-6-11(8-15-2)16(3)13(9)10/h5,7,11,15H,4,6,8H2,1-3H3. The normalized spacial score (nSPS) is 19.8. The third-order valence-corrected chi connectivity index (χ3v) is 3.94. The minimum Gasteiger partial charge on any atom is -0.370 e. The van der Waals surface area contributed by atoms with E-state index in [2.05, 4.69) is 30.3 Å². The van der Waals surface area contributed by atoms with Crippen LogP contribution in [0.15, 0.2) is 12.1 Å². The summed E-state index contributed by atoms with van der Waals surface area (Å²) in [5, 5.41) is 4.13. The maximum atomic E-state index is 6.19. The highest BCUT2D eigenvalue weighted by Gasteiger charge is 2.24. The highest BCUT2D eigenvalue weighted by molar-refractivity contribution is 6.31. The quantitative estimate of drug-likeness (QED) is 0.852. The molecule has 1 aromatic carbocycles. The summed E-state index contributed by atoms with van der Waals surface area (Å²) in [5.41, 5.74) is 3.97. The molecule has 0 aliphatic carbocycles. The van der Waals surface area contributed by atoms with E-state index >= 15 is 0 Å². The number of aryl methyl sites for hydroxylation is 1. The predicted octanol–water partition coefficient (Wildman–Crippen LogP) is 2.62. The van der Waals surface area contributed by atoms with Crippen molar-refractivity contribution in [3.8, 4) is 0 Å². The third-order valence-electron chi connectivity index (χ3n) is 3.54. The summed E-state index contributed by atoms with van der Waals surface area (Å²) in [7, 11) is 4.18. The molecule has 3 heteroatoms. The van der Waals surface area contributed by atoms with Crippen LogP contribution in [0, 0.1) is 6.92 Å². The van der Waals surface area contributed by atoms with Gasteiger partial charge in [0.2, 0.25) is 0 Å². The molecule has 1 aromatic rings. The summed E-state index contributed by atoms with van der Waals surface area (Å²) >= 11 is 6.19. The Morgan fingerprint density at radius 3 is 2.94 bits per heavy atom. The van der Waals surface area contributed by atoms with Crippen molar-refractivity contribution in [2.24, 2.45) is 0 Å². The Balaban J connectivity index is 2.38. The van der Waals surface area contributed by atoms with Gasteiger partial charge in [0.15, 0.2) is 0 Å². The number of hydrogen-bond acceptors (Lipinski definition) is 2. The number of rotatable bonds is 2. The predicted molar refractivity (Wildman–Crippen MR) is 70.6 cm³/mol. The van der Waals surface area contributed by atoms with E-state index in [-0.39, 0.29) is 0 Å². The number of benzene rings is 1. The second kappa shape index (κ2) is 4.64. The highest BCUT2D eigenvalue weighted by atomic mass is 35.5. The van der Waals surface area contributed by atoms with E-state index in [1.165, 1.54) is 23.2 Å². The number of anilines is 1. The molecule has 0 spiro atoms. The number of fused-ring (bicyclic) bond motifs is 1. The fraction of sp³-hybridized carbons (Fsp3) is 0.538. The van der Waals surface area contributed by atoms with Crippen LogP contribution in [0.1, 0.15) is 17.5 Å². The minimum atomic E-state index is 0.578. The van der Waals surface area contributed by atoms with Crippen LogP contribution < -0.4 is 10.2 Å². The molecule has 1 unspecified atom stereocenters. The molecule has 1 heterocycles. The van der Waals surface area contributed by atoms with Gasteiger partial charge in [0.05, 0.1) is 0 Å². The molecule has 1 atom stereocenters. The van der Waals surface area contributed by atoms with Gasteiger partial charge in [-0.15, -0.1) is 0 Å². The average molecular weight is 239 g/mol. The molecule has 0 amide bonds. The summed E-state index contributed by atoms with van der Waals surface area (Å²) < 4.78 is 0. The summed E-state index contributed by atoms with van der Waals surface area (Å²) in [6, 6.07) is 4.76. The van der Waals surface area contributed by atoms with E-state index in [9.17, 15) is 0 Å². The van der Waals surface area contributed by atoms with Crippen molar-refractivity contribution in [2.45, 2.75) is 25.8 Å². The first-order valence-electron chi connectivity index (χ1n) is 5.80. The van der Waals surface area contributed by atoms with E-state index in [4.69, 9.17) is 11.6 Å². The Hall–Kier alpha value is -0.730. The Morgan fingerprint density at radius 2 is 2.25 bits per heavy atom. The van der Waals surface area contributed by atoms with Crippen molar-refractivity contribution in [1.82, 2.24) is 5.32 Å². The number of halogens is 1. The summed E-state index contributed by atoms with van der Waals surface area (Å²) in [4.78, 5) is 2.37. The second-order valence-electron chi connectivity index (χ2n) is 4.54. The van der Waals surface area contributed by atoms with Crippen LogP contribution in [-0.4, -0.2) is 26.7 Å². The molecule has 0 saturated carbocycles. The van der Waals surface area contributed by atoms with Gasteiger partial charge in [-0.2, -0.15) is 0 Å². The molecule has 1 aliphatic rings. The Kier molecular flexibility index (Phi) is 3.41. The van der Waals surface area contributed by atoms with Gasteiger partial charge in [0, 0.05) is 30.3 Å². The largest absolute Gasteiger partial charge is 0.370 e. The van der Waals surface area contributed by atoms with Crippen LogP contribution in [0.25, 0.3) is 0 Å². The summed E-state index contributed by atoms with van der Waals surface area (Å²) in [5.74, 6) is 0.